The van der Waals surface area contributed by atoms with Gasteiger partial charge in [-0.25, -0.2) is 0 Å². The molecule has 0 radical (unpaired) electrons. The van der Waals surface area contributed by atoms with Crippen LogP contribution in [-0.2, 0) is 14.3 Å². The van der Waals surface area contributed by atoms with Gasteiger partial charge in [0.15, 0.2) is 6.61 Å². The average molecular weight is 377 g/mol. The summed E-state index contributed by atoms with van der Waals surface area (Å²) in [6, 6.07) is 7.13. The summed E-state index contributed by atoms with van der Waals surface area (Å²) in [5, 5.41) is 0. The van der Waals surface area contributed by atoms with Gasteiger partial charge in [0.25, 0.3) is 5.91 Å². The van der Waals surface area contributed by atoms with E-state index in [0.29, 0.717) is 51.7 Å². The first-order valence-electron chi connectivity index (χ1n) is 9.28. The molecule has 2 aliphatic heterocycles. The van der Waals surface area contributed by atoms with Crippen LogP contribution >= 0.6 is 0 Å². The van der Waals surface area contributed by atoms with E-state index in [2.05, 4.69) is 4.90 Å². The smallest absolute Gasteiger partial charge is 0.260 e. The van der Waals surface area contributed by atoms with Crippen molar-refractivity contribution in [2.45, 2.75) is 0 Å². The van der Waals surface area contributed by atoms with Gasteiger partial charge in [-0.15, -0.1) is 0 Å². The van der Waals surface area contributed by atoms with Crippen molar-refractivity contribution in [3.63, 3.8) is 0 Å². The average Bonchev–Trinajstić information content (AvgIpc) is 2.73. The fourth-order valence-corrected chi connectivity index (χ4v) is 3.16. The molecule has 0 N–H and O–H groups in total. The van der Waals surface area contributed by atoms with Crippen LogP contribution in [-0.4, -0.2) is 99.3 Å². The van der Waals surface area contributed by atoms with Gasteiger partial charge in [0.1, 0.15) is 11.5 Å². The van der Waals surface area contributed by atoms with Crippen LogP contribution in [0.25, 0.3) is 0 Å². The number of nitrogens with zero attached hydrogens (tertiary/aromatic N) is 3. The van der Waals surface area contributed by atoms with Gasteiger partial charge in [0, 0.05) is 39.3 Å². The molecule has 1 aromatic rings. The molecule has 1 aromatic carbocycles. The lowest BCUT2D eigenvalue weighted by molar-refractivity contribution is -0.141. The minimum Gasteiger partial charge on any atom is -0.497 e. The fraction of sp³-hybridized carbons (Fsp3) is 0.579. The first-order valence-corrected chi connectivity index (χ1v) is 9.28. The fourth-order valence-electron chi connectivity index (χ4n) is 3.16. The first kappa shape index (κ1) is 19.4. The highest BCUT2D eigenvalue weighted by Crippen LogP contribution is 2.17. The van der Waals surface area contributed by atoms with Gasteiger partial charge in [-0.1, -0.05) is 0 Å². The Morgan fingerprint density at radius 2 is 1.44 bits per heavy atom. The van der Waals surface area contributed by atoms with Crippen molar-refractivity contribution in [1.29, 1.82) is 0 Å². The number of piperazine rings is 1. The Morgan fingerprint density at radius 1 is 0.889 bits per heavy atom. The number of benzene rings is 1. The second kappa shape index (κ2) is 9.57. The summed E-state index contributed by atoms with van der Waals surface area (Å²) in [5.41, 5.74) is 0. The number of rotatable bonds is 6. The predicted molar refractivity (Wildman–Crippen MR) is 98.9 cm³/mol. The highest BCUT2D eigenvalue weighted by molar-refractivity contribution is 5.80. The zero-order valence-corrected chi connectivity index (χ0v) is 15.8. The van der Waals surface area contributed by atoms with Gasteiger partial charge < -0.3 is 24.0 Å². The second-order valence-electron chi connectivity index (χ2n) is 6.61. The molecule has 2 fully saturated rings. The molecule has 0 atom stereocenters. The molecule has 2 saturated heterocycles. The summed E-state index contributed by atoms with van der Waals surface area (Å²) in [5.74, 6) is 1.43. The maximum atomic E-state index is 12.4. The molecule has 8 nitrogen and oxygen atoms in total. The molecule has 2 amide bonds. The molecule has 0 aliphatic carbocycles. The SMILES string of the molecule is COc1ccc(OCC(=O)N2CCN(C(=O)CN3CCOCC3)CC2)cc1. The third-order valence-corrected chi connectivity index (χ3v) is 4.87. The maximum Gasteiger partial charge on any atom is 0.260 e. The topological polar surface area (TPSA) is 71.6 Å². The number of amides is 2. The second-order valence-corrected chi connectivity index (χ2v) is 6.61. The Kier molecular flexibility index (Phi) is 6.89. The van der Waals surface area contributed by atoms with Gasteiger partial charge in [-0.3, -0.25) is 14.5 Å². The van der Waals surface area contributed by atoms with Crippen LogP contribution in [0.1, 0.15) is 0 Å². The van der Waals surface area contributed by atoms with Gasteiger partial charge >= 0.3 is 0 Å². The molecular weight excluding hydrogens is 350 g/mol. The van der Waals surface area contributed by atoms with Crippen molar-refractivity contribution in [3.8, 4) is 11.5 Å². The number of carbonyl (C=O) groups excluding carboxylic acids is 2. The molecule has 0 bridgehead atoms. The molecule has 0 unspecified atom stereocenters. The molecular formula is C19H27N3O5. The summed E-state index contributed by atoms with van der Waals surface area (Å²) in [4.78, 5) is 30.5. The van der Waals surface area contributed by atoms with Crippen LogP contribution in [0.2, 0.25) is 0 Å². The van der Waals surface area contributed by atoms with E-state index in [-0.39, 0.29) is 18.4 Å². The summed E-state index contributed by atoms with van der Waals surface area (Å²) >= 11 is 0. The van der Waals surface area contributed by atoms with E-state index in [1.165, 1.54) is 0 Å². The van der Waals surface area contributed by atoms with E-state index in [9.17, 15) is 9.59 Å². The molecule has 0 spiro atoms. The molecule has 0 aromatic heterocycles. The van der Waals surface area contributed by atoms with Crippen LogP contribution in [0, 0.1) is 0 Å². The van der Waals surface area contributed by atoms with Crippen LogP contribution in [0.3, 0.4) is 0 Å². The minimum atomic E-state index is -0.0638. The molecule has 2 aliphatic rings. The summed E-state index contributed by atoms with van der Waals surface area (Å²) in [6.45, 7) is 5.60. The Morgan fingerprint density at radius 3 is 2.04 bits per heavy atom. The largest absolute Gasteiger partial charge is 0.497 e. The van der Waals surface area contributed by atoms with Gasteiger partial charge in [0.05, 0.1) is 26.9 Å². The Hall–Kier alpha value is -2.32. The molecule has 27 heavy (non-hydrogen) atoms. The van der Waals surface area contributed by atoms with E-state index in [0.717, 1.165) is 18.8 Å². The van der Waals surface area contributed by atoms with Crippen molar-refractivity contribution in [2.75, 3.05) is 72.7 Å². The number of carbonyl (C=O) groups is 2. The highest BCUT2D eigenvalue weighted by Gasteiger charge is 2.25. The van der Waals surface area contributed by atoms with E-state index < -0.39 is 0 Å². The molecule has 8 heteroatoms. The van der Waals surface area contributed by atoms with Crippen molar-refractivity contribution >= 4 is 11.8 Å². The van der Waals surface area contributed by atoms with Gasteiger partial charge in [-0.05, 0) is 24.3 Å². The quantitative estimate of drug-likeness (QED) is 0.699. The maximum absolute atomic E-state index is 12.4. The summed E-state index contributed by atoms with van der Waals surface area (Å²) < 4.78 is 15.9. The molecule has 0 saturated carbocycles. The molecule has 3 rings (SSSR count). The van der Waals surface area contributed by atoms with Crippen molar-refractivity contribution in [2.24, 2.45) is 0 Å². The van der Waals surface area contributed by atoms with Crippen LogP contribution < -0.4 is 9.47 Å². The van der Waals surface area contributed by atoms with Gasteiger partial charge in [0.2, 0.25) is 5.91 Å². The van der Waals surface area contributed by atoms with Crippen molar-refractivity contribution in [3.05, 3.63) is 24.3 Å². The van der Waals surface area contributed by atoms with Crippen molar-refractivity contribution < 1.29 is 23.8 Å². The molecule has 2 heterocycles. The zero-order valence-electron chi connectivity index (χ0n) is 15.8. The first-order chi connectivity index (χ1) is 13.2. The van der Waals surface area contributed by atoms with Crippen molar-refractivity contribution in [1.82, 2.24) is 14.7 Å². The minimum absolute atomic E-state index is 0.00590. The summed E-state index contributed by atoms with van der Waals surface area (Å²) in [6.07, 6.45) is 0. The van der Waals surface area contributed by atoms with Gasteiger partial charge in [-0.2, -0.15) is 0 Å². The van der Waals surface area contributed by atoms with Crippen LogP contribution in [0.15, 0.2) is 24.3 Å². The Bertz CT molecular complexity index is 623. The van der Waals surface area contributed by atoms with Crippen LogP contribution in [0.4, 0.5) is 0 Å². The normalized spacial score (nSPS) is 18.3. The van der Waals surface area contributed by atoms with E-state index in [4.69, 9.17) is 14.2 Å². The number of hydrogen-bond donors (Lipinski definition) is 0. The lowest BCUT2D eigenvalue weighted by Gasteiger charge is -2.36. The monoisotopic (exact) mass is 377 g/mol. The number of ether oxygens (including phenoxy) is 3. The standard InChI is InChI=1S/C19H27N3O5/c1-25-16-2-4-17(5-3-16)27-15-19(24)22-8-6-21(7-9-22)18(23)14-20-10-12-26-13-11-20/h2-5H,6-15H2,1H3. The van der Waals surface area contributed by atoms with Crippen LogP contribution in [0.5, 0.6) is 11.5 Å². The lowest BCUT2D eigenvalue weighted by Crippen LogP contribution is -2.54. The third-order valence-electron chi connectivity index (χ3n) is 4.87. The van der Waals surface area contributed by atoms with E-state index in [1.54, 1.807) is 36.3 Å². The summed E-state index contributed by atoms with van der Waals surface area (Å²) in [7, 11) is 1.60. The number of methoxy groups -OCH3 is 1. The molecule has 148 valence electrons. The Labute approximate surface area is 159 Å². The Balaban J connectivity index is 1.38. The number of hydrogen-bond acceptors (Lipinski definition) is 6. The number of morpholine rings is 1. The third kappa shape index (κ3) is 5.58. The lowest BCUT2D eigenvalue weighted by atomic mass is 10.3. The highest BCUT2D eigenvalue weighted by atomic mass is 16.5. The van der Waals surface area contributed by atoms with E-state index >= 15 is 0 Å². The predicted octanol–water partition coefficient (Wildman–Crippen LogP) is 0.0770. The van der Waals surface area contributed by atoms with E-state index in [1.807, 2.05) is 4.90 Å². The zero-order chi connectivity index (χ0) is 19.1.